The van der Waals surface area contributed by atoms with E-state index < -0.39 is 0 Å². The summed E-state index contributed by atoms with van der Waals surface area (Å²) in [5.41, 5.74) is 4.49. The molecule has 4 rings (SSSR count). The molecule has 0 saturated carbocycles. The molecule has 106 valence electrons. The van der Waals surface area contributed by atoms with Crippen molar-refractivity contribution < 1.29 is 5.11 Å². The Bertz CT molecular complexity index is 930. The number of phenolic OH excluding ortho intramolecular Hbond substituents is 1. The van der Waals surface area contributed by atoms with Gasteiger partial charge in [0.1, 0.15) is 5.75 Å². The van der Waals surface area contributed by atoms with E-state index in [4.69, 9.17) is 0 Å². The molecule has 0 atom stereocenters. The molecule has 22 heavy (non-hydrogen) atoms. The van der Waals surface area contributed by atoms with Crippen LogP contribution in [0.25, 0.3) is 28.2 Å². The van der Waals surface area contributed by atoms with E-state index in [1.807, 2.05) is 34.9 Å². The van der Waals surface area contributed by atoms with Gasteiger partial charge in [0, 0.05) is 29.7 Å². The van der Waals surface area contributed by atoms with Gasteiger partial charge in [-0.3, -0.25) is 14.4 Å². The van der Waals surface area contributed by atoms with Crippen LogP contribution >= 0.6 is 0 Å². The standard InChI is InChI=1S/C17H12N4O/c22-14-5-3-12(4-6-14)16-9-20-17-10-19-15(11-21(16)17)13-2-1-7-18-8-13/h1-11,22H. The van der Waals surface area contributed by atoms with Gasteiger partial charge in [-0.15, -0.1) is 0 Å². The Balaban J connectivity index is 1.88. The highest BCUT2D eigenvalue weighted by Gasteiger charge is 2.08. The van der Waals surface area contributed by atoms with E-state index in [-0.39, 0.29) is 5.75 Å². The molecule has 0 aliphatic rings. The van der Waals surface area contributed by atoms with Gasteiger partial charge in [0.2, 0.25) is 0 Å². The Kier molecular flexibility index (Phi) is 2.83. The van der Waals surface area contributed by atoms with Crippen LogP contribution < -0.4 is 0 Å². The molecule has 0 saturated heterocycles. The Labute approximate surface area is 126 Å². The summed E-state index contributed by atoms with van der Waals surface area (Å²) in [6.07, 6.45) is 9.01. The smallest absolute Gasteiger partial charge is 0.155 e. The minimum Gasteiger partial charge on any atom is -0.508 e. The number of imidazole rings is 1. The van der Waals surface area contributed by atoms with Crippen LogP contribution in [0.2, 0.25) is 0 Å². The Morgan fingerprint density at radius 1 is 0.864 bits per heavy atom. The van der Waals surface area contributed by atoms with Crippen LogP contribution in [-0.2, 0) is 0 Å². The second kappa shape index (κ2) is 4.96. The molecule has 0 amide bonds. The molecule has 4 aromatic rings. The number of phenols is 1. The number of nitrogens with zero attached hydrogens (tertiary/aromatic N) is 4. The first-order chi connectivity index (χ1) is 10.8. The zero-order valence-corrected chi connectivity index (χ0v) is 11.6. The van der Waals surface area contributed by atoms with E-state index in [2.05, 4.69) is 15.0 Å². The van der Waals surface area contributed by atoms with Gasteiger partial charge in [-0.25, -0.2) is 4.98 Å². The Morgan fingerprint density at radius 2 is 1.73 bits per heavy atom. The van der Waals surface area contributed by atoms with Crippen molar-refractivity contribution in [3.8, 4) is 28.3 Å². The first-order valence-electron chi connectivity index (χ1n) is 6.84. The fourth-order valence-electron chi connectivity index (χ4n) is 2.40. The molecule has 0 fully saturated rings. The molecule has 0 radical (unpaired) electrons. The molecular formula is C17H12N4O. The maximum Gasteiger partial charge on any atom is 0.155 e. The number of rotatable bonds is 2. The Morgan fingerprint density at radius 3 is 2.50 bits per heavy atom. The molecule has 0 aliphatic heterocycles. The number of hydrogen-bond acceptors (Lipinski definition) is 4. The summed E-state index contributed by atoms with van der Waals surface area (Å²) < 4.78 is 1.99. The van der Waals surface area contributed by atoms with Gasteiger partial charge in [-0.05, 0) is 36.4 Å². The van der Waals surface area contributed by atoms with E-state index in [1.54, 1.807) is 36.9 Å². The van der Waals surface area contributed by atoms with E-state index in [9.17, 15) is 5.11 Å². The summed E-state index contributed by atoms with van der Waals surface area (Å²) >= 11 is 0. The van der Waals surface area contributed by atoms with Crippen LogP contribution in [0.15, 0.2) is 67.4 Å². The average molecular weight is 288 g/mol. The number of aromatic hydroxyl groups is 1. The molecule has 5 heteroatoms. The van der Waals surface area contributed by atoms with Crippen molar-refractivity contribution in [1.82, 2.24) is 19.4 Å². The van der Waals surface area contributed by atoms with Gasteiger partial charge < -0.3 is 5.11 Å². The number of hydrogen-bond donors (Lipinski definition) is 1. The highest BCUT2D eigenvalue weighted by molar-refractivity contribution is 5.66. The van der Waals surface area contributed by atoms with Crippen molar-refractivity contribution in [3.05, 3.63) is 67.4 Å². The van der Waals surface area contributed by atoms with Crippen molar-refractivity contribution in [1.29, 1.82) is 0 Å². The van der Waals surface area contributed by atoms with Crippen LogP contribution in [0.4, 0.5) is 0 Å². The van der Waals surface area contributed by atoms with Gasteiger partial charge in [-0.1, -0.05) is 0 Å². The van der Waals surface area contributed by atoms with Gasteiger partial charge in [0.15, 0.2) is 5.65 Å². The summed E-state index contributed by atoms with van der Waals surface area (Å²) in [6.45, 7) is 0. The molecule has 1 N–H and O–H groups in total. The van der Waals surface area contributed by atoms with Crippen molar-refractivity contribution in [2.24, 2.45) is 0 Å². The first kappa shape index (κ1) is 12.5. The lowest BCUT2D eigenvalue weighted by atomic mass is 10.1. The largest absolute Gasteiger partial charge is 0.508 e. The monoisotopic (exact) mass is 288 g/mol. The highest BCUT2D eigenvalue weighted by Crippen LogP contribution is 2.24. The summed E-state index contributed by atoms with van der Waals surface area (Å²) in [4.78, 5) is 12.9. The van der Waals surface area contributed by atoms with E-state index in [1.165, 1.54) is 0 Å². The predicted octanol–water partition coefficient (Wildman–Crippen LogP) is 3.16. The maximum absolute atomic E-state index is 9.42. The number of fused-ring (bicyclic) bond motifs is 1. The van der Waals surface area contributed by atoms with E-state index >= 15 is 0 Å². The lowest BCUT2D eigenvalue weighted by Gasteiger charge is -2.05. The van der Waals surface area contributed by atoms with Crippen LogP contribution in [-0.4, -0.2) is 24.5 Å². The summed E-state index contributed by atoms with van der Waals surface area (Å²) in [5, 5.41) is 9.42. The van der Waals surface area contributed by atoms with Crippen molar-refractivity contribution >= 4 is 5.65 Å². The quantitative estimate of drug-likeness (QED) is 0.615. The third-order valence-corrected chi connectivity index (χ3v) is 3.52. The molecular weight excluding hydrogens is 276 g/mol. The molecule has 0 spiro atoms. The fourth-order valence-corrected chi connectivity index (χ4v) is 2.40. The number of aromatic nitrogens is 4. The fraction of sp³-hybridized carbons (Fsp3) is 0. The molecule has 1 aromatic carbocycles. The molecule has 0 bridgehead atoms. The minimum atomic E-state index is 0.246. The van der Waals surface area contributed by atoms with Crippen LogP contribution in [0.3, 0.4) is 0 Å². The van der Waals surface area contributed by atoms with Gasteiger partial charge in [0.25, 0.3) is 0 Å². The molecule has 3 aromatic heterocycles. The maximum atomic E-state index is 9.42. The SMILES string of the molecule is Oc1ccc(-c2cnc3cnc(-c4cccnc4)cn23)cc1. The van der Waals surface area contributed by atoms with Crippen molar-refractivity contribution in [2.45, 2.75) is 0 Å². The summed E-state index contributed by atoms with van der Waals surface area (Å²) in [7, 11) is 0. The Hall–Kier alpha value is -3.21. The second-order valence-corrected chi connectivity index (χ2v) is 4.93. The van der Waals surface area contributed by atoms with Crippen LogP contribution in [0.5, 0.6) is 5.75 Å². The third kappa shape index (κ3) is 2.09. The summed E-state index contributed by atoms with van der Waals surface area (Å²) in [5.74, 6) is 0.246. The highest BCUT2D eigenvalue weighted by atomic mass is 16.3. The van der Waals surface area contributed by atoms with E-state index in [0.29, 0.717) is 0 Å². The second-order valence-electron chi connectivity index (χ2n) is 4.93. The van der Waals surface area contributed by atoms with Crippen LogP contribution in [0, 0.1) is 0 Å². The lowest BCUT2D eigenvalue weighted by molar-refractivity contribution is 0.475. The van der Waals surface area contributed by atoms with Gasteiger partial charge in [0.05, 0.1) is 23.8 Å². The zero-order chi connectivity index (χ0) is 14.9. The molecule has 5 nitrogen and oxygen atoms in total. The molecule has 0 aliphatic carbocycles. The van der Waals surface area contributed by atoms with Crippen molar-refractivity contribution in [2.75, 3.05) is 0 Å². The van der Waals surface area contributed by atoms with Gasteiger partial charge >= 0.3 is 0 Å². The normalized spacial score (nSPS) is 10.9. The predicted molar refractivity (Wildman–Crippen MR) is 83.3 cm³/mol. The van der Waals surface area contributed by atoms with Gasteiger partial charge in [-0.2, -0.15) is 0 Å². The third-order valence-electron chi connectivity index (χ3n) is 3.52. The average Bonchev–Trinajstić information content (AvgIpc) is 2.99. The topological polar surface area (TPSA) is 63.3 Å². The minimum absolute atomic E-state index is 0.246. The van der Waals surface area contributed by atoms with E-state index in [0.717, 1.165) is 28.2 Å². The molecule has 0 unspecified atom stereocenters. The zero-order valence-electron chi connectivity index (χ0n) is 11.6. The number of benzene rings is 1. The van der Waals surface area contributed by atoms with Crippen LogP contribution in [0.1, 0.15) is 0 Å². The van der Waals surface area contributed by atoms with Crippen molar-refractivity contribution in [3.63, 3.8) is 0 Å². The number of pyridine rings is 1. The summed E-state index contributed by atoms with van der Waals surface area (Å²) in [6, 6.07) is 10.9. The lowest BCUT2D eigenvalue weighted by Crippen LogP contribution is -1.93. The molecule has 3 heterocycles. The first-order valence-corrected chi connectivity index (χ1v) is 6.84.